The molecule has 0 radical (unpaired) electrons. The third-order valence-electron chi connectivity index (χ3n) is 6.53. The van der Waals surface area contributed by atoms with Crippen LogP contribution >= 0.6 is 0 Å². The van der Waals surface area contributed by atoms with Crippen LogP contribution in [0.1, 0.15) is 62.7 Å². The van der Waals surface area contributed by atoms with Gasteiger partial charge in [0.15, 0.2) is 0 Å². The maximum Gasteiger partial charge on any atom is 0.223 e. The second-order valence-electron chi connectivity index (χ2n) is 8.07. The quantitative estimate of drug-likeness (QED) is 0.917. The van der Waals surface area contributed by atoms with Crippen LogP contribution in [0.25, 0.3) is 0 Å². The Morgan fingerprint density at radius 1 is 1.20 bits per heavy atom. The molecule has 1 aromatic carbocycles. The zero-order chi connectivity index (χ0) is 17.4. The molecule has 1 aromatic rings. The van der Waals surface area contributed by atoms with Crippen molar-refractivity contribution < 1.29 is 9.90 Å². The van der Waals surface area contributed by atoms with E-state index < -0.39 is 6.10 Å². The first kappa shape index (κ1) is 17.0. The monoisotopic (exact) mass is 342 g/mol. The standard InChI is InChI=1S/C21H30N2O2/c1-15(24)23-12-10-17-13-18(8-9-20(17)23)21(25)14-22-11-4-6-16-5-2-3-7-19(16)22/h8-9,13,16,19,21,25H,2-7,10-12,14H2,1H3/t16-,19+,21-/m1/s1. The normalized spacial score (nSPS) is 27.7. The van der Waals surface area contributed by atoms with Gasteiger partial charge < -0.3 is 10.0 Å². The van der Waals surface area contributed by atoms with Gasteiger partial charge in [-0.1, -0.05) is 25.0 Å². The van der Waals surface area contributed by atoms with Gasteiger partial charge in [0.1, 0.15) is 0 Å². The topological polar surface area (TPSA) is 43.8 Å². The van der Waals surface area contributed by atoms with Gasteiger partial charge in [0.25, 0.3) is 0 Å². The van der Waals surface area contributed by atoms with Gasteiger partial charge in [-0.3, -0.25) is 9.69 Å². The average Bonchev–Trinajstić information content (AvgIpc) is 3.05. The van der Waals surface area contributed by atoms with Crippen LogP contribution in [0.15, 0.2) is 18.2 Å². The number of likely N-dealkylation sites (tertiary alicyclic amines) is 1. The summed E-state index contributed by atoms with van der Waals surface area (Å²) >= 11 is 0. The van der Waals surface area contributed by atoms with E-state index in [1.165, 1.54) is 44.1 Å². The van der Waals surface area contributed by atoms with Crippen molar-refractivity contribution in [1.82, 2.24) is 4.90 Å². The number of piperidine rings is 1. The fourth-order valence-electron chi connectivity index (χ4n) is 5.24. The van der Waals surface area contributed by atoms with Crippen LogP contribution in [0.3, 0.4) is 0 Å². The molecule has 2 heterocycles. The number of carbonyl (C=O) groups is 1. The molecule has 0 unspecified atom stereocenters. The summed E-state index contributed by atoms with van der Waals surface area (Å²) in [5.74, 6) is 0.947. The van der Waals surface area contributed by atoms with Gasteiger partial charge >= 0.3 is 0 Å². The first-order valence-electron chi connectivity index (χ1n) is 9.96. The molecule has 25 heavy (non-hydrogen) atoms. The Hall–Kier alpha value is -1.39. The molecule has 0 spiro atoms. The van der Waals surface area contributed by atoms with Crippen LogP contribution in [0.5, 0.6) is 0 Å². The van der Waals surface area contributed by atoms with Crippen molar-refractivity contribution in [3.8, 4) is 0 Å². The number of hydrogen-bond donors (Lipinski definition) is 1. The fourth-order valence-corrected chi connectivity index (χ4v) is 5.24. The molecule has 0 bridgehead atoms. The number of fused-ring (bicyclic) bond motifs is 2. The Kier molecular flexibility index (Phi) is 4.83. The molecule has 2 aliphatic heterocycles. The number of amides is 1. The highest BCUT2D eigenvalue weighted by Gasteiger charge is 2.34. The predicted octanol–water partition coefficient (Wildman–Crippen LogP) is 3.28. The number of anilines is 1. The van der Waals surface area contributed by atoms with Gasteiger partial charge in [0.2, 0.25) is 5.91 Å². The average molecular weight is 342 g/mol. The number of carbonyl (C=O) groups excluding carboxylic acids is 1. The predicted molar refractivity (Wildman–Crippen MR) is 99.7 cm³/mol. The Labute approximate surface area is 150 Å². The number of hydrogen-bond acceptors (Lipinski definition) is 3. The van der Waals surface area contributed by atoms with Gasteiger partial charge in [0, 0.05) is 31.7 Å². The van der Waals surface area contributed by atoms with Crippen LogP contribution in [0, 0.1) is 5.92 Å². The zero-order valence-electron chi connectivity index (χ0n) is 15.3. The lowest BCUT2D eigenvalue weighted by molar-refractivity contribution is -0.116. The molecule has 1 amide bonds. The van der Waals surface area contributed by atoms with Crippen LogP contribution in [0.4, 0.5) is 5.69 Å². The molecular formula is C21H30N2O2. The summed E-state index contributed by atoms with van der Waals surface area (Å²) in [6, 6.07) is 6.82. The van der Waals surface area contributed by atoms with Crippen molar-refractivity contribution in [1.29, 1.82) is 0 Å². The maximum atomic E-state index is 11.7. The molecule has 0 aromatic heterocycles. The molecule has 2 fully saturated rings. The molecule has 1 N–H and O–H groups in total. The van der Waals surface area contributed by atoms with E-state index in [4.69, 9.17) is 0 Å². The van der Waals surface area contributed by atoms with Crippen LogP contribution in [-0.4, -0.2) is 41.6 Å². The lowest BCUT2D eigenvalue weighted by Crippen LogP contribution is -2.48. The van der Waals surface area contributed by atoms with Crippen molar-refractivity contribution in [2.24, 2.45) is 5.92 Å². The van der Waals surface area contributed by atoms with Gasteiger partial charge in [-0.25, -0.2) is 0 Å². The summed E-state index contributed by atoms with van der Waals surface area (Å²) in [7, 11) is 0. The Bertz CT molecular complexity index is 643. The minimum atomic E-state index is -0.433. The van der Waals surface area contributed by atoms with E-state index >= 15 is 0 Å². The van der Waals surface area contributed by atoms with Crippen LogP contribution in [-0.2, 0) is 11.2 Å². The van der Waals surface area contributed by atoms with E-state index in [1.807, 2.05) is 17.0 Å². The summed E-state index contributed by atoms with van der Waals surface area (Å²) < 4.78 is 0. The molecule has 136 valence electrons. The molecule has 1 aliphatic carbocycles. The highest BCUT2D eigenvalue weighted by Crippen LogP contribution is 2.36. The van der Waals surface area contributed by atoms with Crippen molar-refractivity contribution in [3.63, 3.8) is 0 Å². The van der Waals surface area contributed by atoms with Crippen molar-refractivity contribution >= 4 is 11.6 Å². The highest BCUT2D eigenvalue weighted by atomic mass is 16.3. The fraction of sp³-hybridized carbons (Fsp3) is 0.667. The number of β-amino-alcohol motifs (C(OH)–C–C–N with tert-alkyl or cyclic N) is 1. The summed E-state index contributed by atoms with van der Waals surface area (Å²) in [4.78, 5) is 16.1. The zero-order valence-corrected chi connectivity index (χ0v) is 15.3. The number of rotatable bonds is 3. The highest BCUT2D eigenvalue weighted by molar-refractivity contribution is 5.93. The first-order chi connectivity index (χ1) is 12.1. The van der Waals surface area contributed by atoms with Gasteiger partial charge in [-0.2, -0.15) is 0 Å². The molecule has 4 nitrogen and oxygen atoms in total. The second-order valence-corrected chi connectivity index (χ2v) is 8.07. The number of aliphatic hydroxyl groups is 1. The minimum absolute atomic E-state index is 0.101. The maximum absolute atomic E-state index is 11.7. The van der Waals surface area contributed by atoms with Gasteiger partial charge in [-0.15, -0.1) is 0 Å². The van der Waals surface area contributed by atoms with E-state index in [9.17, 15) is 9.90 Å². The largest absolute Gasteiger partial charge is 0.387 e. The lowest BCUT2D eigenvalue weighted by Gasteiger charge is -2.44. The van der Waals surface area contributed by atoms with E-state index in [0.29, 0.717) is 6.04 Å². The van der Waals surface area contributed by atoms with E-state index in [2.05, 4.69) is 11.0 Å². The molecule has 1 saturated heterocycles. The van der Waals surface area contributed by atoms with Crippen LogP contribution in [0.2, 0.25) is 0 Å². The third-order valence-corrected chi connectivity index (χ3v) is 6.53. The van der Waals surface area contributed by atoms with E-state index in [-0.39, 0.29) is 5.91 Å². The third kappa shape index (κ3) is 3.34. The minimum Gasteiger partial charge on any atom is -0.387 e. The van der Waals surface area contributed by atoms with Gasteiger partial charge in [-0.05, 0) is 61.8 Å². The number of nitrogens with zero attached hydrogens (tertiary/aromatic N) is 2. The van der Waals surface area contributed by atoms with E-state index in [0.717, 1.165) is 43.2 Å². The first-order valence-corrected chi connectivity index (χ1v) is 9.96. The summed E-state index contributed by atoms with van der Waals surface area (Å²) in [5.41, 5.74) is 3.22. The molecular weight excluding hydrogens is 312 g/mol. The van der Waals surface area contributed by atoms with Crippen molar-refractivity contribution in [2.45, 2.75) is 64.0 Å². The van der Waals surface area contributed by atoms with Crippen molar-refractivity contribution in [3.05, 3.63) is 29.3 Å². The van der Waals surface area contributed by atoms with Crippen molar-refractivity contribution in [2.75, 3.05) is 24.5 Å². The Balaban J connectivity index is 1.46. The molecule has 1 saturated carbocycles. The Morgan fingerprint density at radius 3 is 2.84 bits per heavy atom. The summed E-state index contributed by atoms with van der Waals surface area (Å²) in [5, 5.41) is 10.8. The summed E-state index contributed by atoms with van der Waals surface area (Å²) in [6.07, 6.45) is 8.50. The summed E-state index contributed by atoms with van der Waals surface area (Å²) in [6.45, 7) is 4.26. The molecule has 3 atom stereocenters. The lowest BCUT2D eigenvalue weighted by atomic mass is 9.78. The van der Waals surface area contributed by atoms with Gasteiger partial charge in [0.05, 0.1) is 6.10 Å². The van der Waals surface area contributed by atoms with E-state index in [1.54, 1.807) is 6.92 Å². The SMILES string of the molecule is CC(=O)N1CCc2cc([C@H](O)CN3CCC[C@H]4CCCC[C@@H]43)ccc21. The van der Waals surface area contributed by atoms with Crippen LogP contribution < -0.4 is 4.90 Å². The smallest absolute Gasteiger partial charge is 0.223 e. The number of aliphatic hydroxyl groups excluding tert-OH is 1. The molecule has 4 heteroatoms. The molecule has 3 aliphatic rings. The second kappa shape index (κ2) is 7.08. The molecule has 4 rings (SSSR count). The Morgan fingerprint density at radius 2 is 2.00 bits per heavy atom. The number of benzene rings is 1.